The van der Waals surface area contributed by atoms with Crippen molar-refractivity contribution in [2.75, 3.05) is 37.0 Å². The van der Waals surface area contributed by atoms with E-state index in [-0.39, 0.29) is 0 Å². The highest BCUT2D eigenvalue weighted by atomic mass is 15.4. The van der Waals surface area contributed by atoms with E-state index in [4.69, 9.17) is 5.10 Å². The number of nitrogens with zero attached hydrogens (tertiary/aromatic N) is 10. The zero-order valence-electron chi connectivity index (χ0n) is 16.4. The van der Waals surface area contributed by atoms with Crippen molar-refractivity contribution in [1.82, 2.24) is 39.6 Å². The molecule has 148 valence electrons. The summed E-state index contributed by atoms with van der Waals surface area (Å²) in [7, 11) is 3.97. The molecule has 29 heavy (non-hydrogen) atoms. The molecule has 0 unspecified atom stereocenters. The Morgan fingerprint density at radius 1 is 1.03 bits per heavy atom. The van der Waals surface area contributed by atoms with E-state index in [0.29, 0.717) is 5.92 Å². The van der Waals surface area contributed by atoms with Crippen molar-refractivity contribution < 1.29 is 0 Å². The van der Waals surface area contributed by atoms with Gasteiger partial charge in [-0.2, -0.15) is 9.61 Å². The van der Waals surface area contributed by atoms with Gasteiger partial charge < -0.3 is 9.80 Å². The second kappa shape index (κ2) is 7.12. The average molecular weight is 390 g/mol. The number of hydrogen-bond donors (Lipinski definition) is 0. The first-order valence-electron chi connectivity index (χ1n) is 9.66. The lowest BCUT2D eigenvalue weighted by Gasteiger charge is -2.32. The molecule has 0 N–H and O–H groups in total. The normalized spacial score (nSPS) is 15.2. The van der Waals surface area contributed by atoms with Gasteiger partial charge in [0.05, 0.1) is 0 Å². The van der Waals surface area contributed by atoms with Gasteiger partial charge in [-0.15, -0.1) is 15.3 Å². The molecule has 5 heterocycles. The maximum Gasteiger partial charge on any atom is 0.178 e. The van der Waals surface area contributed by atoms with Crippen molar-refractivity contribution in [2.24, 2.45) is 0 Å². The summed E-state index contributed by atoms with van der Waals surface area (Å²) >= 11 is 0. The van der Waals surface area contributed by atoms with E-state index in [0.717, 1.165) is 54.9 Å². The molecule has 1 aliphatic rings. The van der Waals surface area contributed by atoms with Crippen LogP contribution in [0.1, 0.15) is 24.6 Å². The van der Waals surface area contributed by atoms with E-state index in [1.807, 2.05) is 54.0 Å². The van der Waals surface area contributed by atoms with Crippen LogP contribution in [0, 0.1) is 0 Å². The number of rotatable bonds is 4. The van der Waals surface area contributed by atoms with Gasteiger partial charge >= 0.3 is 0 Å². The molecule has 4 aromatic rings. The van der Waals surface area contributed by atoms with E-state index in [1.54, 1.807) is 17.2 Å². The van der Waals surface area contributed by atoms with E-state index < -0.39 is 0 Å². The molecular formula is C19H22N10. The van der Waals surface area contributed by atoms with E-state index in [9.17, 15) is 0 Å². The molecule has 1 saturated heterocycles. The summed E-state index contributed by atoms with van der Waals surface area (Å²) in [6.07, 6.45) is 7.18. The van der Waals surface area contributed by atoms with Gasteiger partial charge in [0, 0.05) is 51.6 Å². The topological polar surface area (TPSA) is 93.2 Å². The Balaban J connectivity index is 1.36. The first kappa shape index (κ1) is 17.5. The Bertz CT molecular complexity index is 1110. The standard InChI is InChI=1S/C19H22N10/c1-26(2)17-12-18(21-13-20-17)27-10-6-14(7-11-27)19-24-23-15-4-5-16(25-29(15)19)28-9-3-8-22-28/h3-5,8-9,12-14H,6-7,10-11H2,1-2H3. The van der Waals surface area contributed by atoms with Crippen LogP contribution in [0.2, 0.25) is 0 Å². The summed E-state index contributed by atoms with van der Waals surface area (Å²) in [6.45, 7) is 1.81. The fourth-order valence-electron chi connectivity index (χ4n) is 3.70. The molecule has 0 aromatic carbocycles. The fourth-order valence-corrected chi connectivity index (χ4v) is 3.70. The van der Waals surface area contributed by atoms with E-state index in [2.05, 4.69) is 30.2 Å². The monoisotopic (exact) mass is 390 g/mol. The Kier molecular flexibility index (Phi) is 4.30. The van der Waals surface area contributed by atoms with Crippen molar-refractivity contribution in [3.63, 3.8) is 0 Å². The summed E-state index contributed by atoms with van der Waals surface area (Å²) in [5.41, 5.74) is 0.754. The minimum absolute atomic E-state index is 0.303. The quantitative estimate of drug-likeness (QED) is 0.518. The highest BCUT2D eigenvalue weighted by Crippen LogP contribution is 2.29. The molecule has 1 fully saturated rings. The van der Waals surface area contributed by atoms with Crippen LogP contribution in [0.3, 0.4) is 0 Å². The molecule has 0 bridgehead atoms. The third-order valence-electron chi connectivity index (χ3n) is 5.29. The third kappa shape index (κ3) is 3.26. The van der Waals surface area contributed by atoms with Crippen LogP contribution >= 0.6 is 0 Å². The maximum absolute atomic E-state index is 4.71. The van der Waals surface area contributed by atoms with Gasteiger partial charge in [0.15, 0.2) is 17.3 Å². The van der Waals surface area contributed by atoms with Crippen LogP contribution in [0.5, 0.6) is 0 Å². The lowest BCUT2D eigenvalue weighted by molar-refractivity contribution is 0.474. The van der Waals surface area contributed by atoms with Crippen molar-refractivity contribution in [3.05, 3.63) is 48.8 Å². The molecule has 1 aliphatic heterocycles. The minimum Gasteiger partial charge on any atom is -0.363 e. The number of hydrogen-bond acceptors (Lipinski definition) is 8. The zero-order valence-corrected chi connectivity index (χ0v) is 16.4. The van der Waals surface area contributed by atoms with Crippen molar-refractivity contribution in [3.8, 4) is 5.82 Å². The van der Waals surface area contributed by atoms with Crippen molar-refractivity contribution in [1.29, 1.82) is 0 Å². The van der Waals surface area contributed by atoms with E-state index in [1.165, 1.54) is 0 Å². The van der Waals surface area contributed by atoms with Crippen molar-refractivity contribution >= 4 is 17.3 Å². The molecule has 0 atom stereocenters. The number of piperidine rings is 1. The van der Waals surface area contributed by atoms with Crippen LogP contribution in [-0.4, -0.2) is 66.7 Å². The Labute approximate surface area is 167 Å². The van der Waals surface area contributed by atoms with Gasteiger partial charge in [-0.1, -0.05) is 0 Å². The van der Waals surface area contributed by atoms with Gasteiger partial charge in [-0.25, -0.2) is 14.6 Å². The summed E-state index contributed by atoms with van der Waals surface area (Å²) in [5, 5.41) is 17.7. The van der Waals surface area contributed by atoms with Gasteiger partial charge in [-0.3, -0.25) is 0 Å². The molecule has 4 aromatic heterocycles. The van der Waals surface area contributed by atoms with Crippen molar-refractivity contribution in [2.45, 2.75) is 18.8 Å². The molecule has 0 radical (unpaired) electrons. The lowest BCUT2D eigenvalue weighted by Crippen LogP contribution is -2.34. The predicted octanol–water partition coefficient (Wildman–Crippen LogP) is 1.55. The smallest absolute Gasteiger partial charge is 0.178 e. The third-order valence-corrected chi connectivity index (χ3v) is 5.29. The van der Waals surface area contributed by atoms with Gasteiger partial charge in [-0.05, 0) is 31.0 Å². The zero-order chi connectivity index (χ0) is 19.8. The highest BCUT2D eigenvalue weighted by molar-refractivity contribution is 5.49. The minimum atomic E-state index is 0.303. The van der Waals surface area contributed by atoms with Crippen LogP contribution in [0.4, 0.5) is 11.6 Å². The molecule has 0 spiro atoms. The number of fused-ring (bicyclic) bond motifs is 1. The van der Waals surface area contributed by atoms with Crippen LogP contribution in [-0.2, 0) is 0 Å². The predicted molar refractivity (Wildman–Crippen MR) is 108 cm³/mol. The molecule has 0 aliphatic carbocycles. The van der Waals surface area contributed by atoms with Crippen LogP contribution in [0.15, 0.2) is 43.0 Å². The second-order valence-electron chi connectivity index (χ2n) is 7.36. The molecule has 0 saturated carbocycles. The summed E-state index contributed by atoms with van der Waals surface area (Å²) < 4.78 is 3.59. The number of aromatic nitrogens is 8. The first-order chi connectivity index (χ1) is 14.2. The second-order valence-corrected chi connectivity index (χ2v) is 7.36. The fraction of sp³-hybridized carbons (Fsp3) is 0.368. The summed E-state index contributed by atoms with van der Waals surface area (Å²) in [6, 6.07) is 7.74. The Morgan fingerprint density at radius 2 is 1.90 bits per heavy atom. The lowest BCUT2D eigenvalue weighted by atomic mass is 9.96. The molecule has 10 heteroatoms. The van der Waals surface area contributed by atoms with Crippen LogP contribution < -0.4 is 9.80 Å². The average Bonchev–Trinajstić information content (AvgIpc) is 3.43. The molecule has 0 amide bonds. The SMILES string of the molecule is CN(C)c1cc(N2CCC(c3nnc4ccc(-n5cccn5)nn34)CC2)ncn1. The van der Waals surface area contributed by atoms with Gasteiger partial charge in [0.1, 0.15) is 18.0 Å². The molecule has 10 nitrogen and oxygen atoms in total. The largest absolute Gasteiger partial charge is 0.363 e. The van der Waals surface area contributed by atoms with E-state index >= 15 is 0 Å². The highest BCUT2D eigenvalue weighted by Gasteiger charge is 2.26. The van der Waals surface area contributed by atoms with Gasteiger partial charge in [0.2, 0.25) is 0 Å². The number of anilines is 2. The van der Waals surface area contributed by atoms with Crippen LogP contribution in [0.25, 0.3) is 11.5 Å². The summed E-state index contributed by atoms with van der Waals surface area (Å²) in [5.74, 6) is 3.84. The Hall–Kier alpha value is -3.56. The Morgan fingerprint density at radius 3 is 2.66 bits per heavy atom. The first-order valence-corrected chi connectivity index (χ1v) is 9.66. The molecule has 5 rings (SSSR count). The van der Waals surface area contributed by atoms with Gasteiger partial charge in [0.25, 0.3) is 0 Å². The molecular weight excluding hydrogens is 368 g/mol. The summed E-state index contributed by atoms with van der Waals surface area (Å²) in [4.78, 5) is 13.1. The maximum atomic E-state index is 4.71.